The Balaban J connectivity index is 0.00000192. The van der Waals surface area contributed by atoms with Crippen LogP contribution in [0.15, 0.2) is 22.5 Å². The topological polar surface area (TPSA) is 27.6 Å². The fraction of sp³-hybridized carbons (Fsp3) is 0.722. The van der Waals surface area contributed by atoms with E-state index >= 15 is 0 Å². The molecule has 1 aromatic heterocycles. The van der Waals surface area contributed by atoms with Crippen LogP contribution in [-0.4, -0.2) is 37.5 Å². The van der Waals surface area contributed by atoms with Crippen molar-refractivity contribution in [2.45, 2.75) is 44.9 Å². The highest BCUT2D eigenvalue weighted by atomic mass is 127. The molecule has 2 heterocycles. The van der Waals surface area contributed by atoms with Gasteiger partial charge in [0.05, 0.1) is 0 Å². The van der Waals surface area contributed by atoms with E-state index in [1.165, 1.54) is 43.6 Å². The van der Waals surface area contributed by atoms with E-state index in [2.05, 4.69) is 46.6 Å². The highest BCUT2D eigenvalue weighted by Gasteiger charge is 2.36. The van der Waals surface area contributed by atoms with E-state index in [1.807, 2.05) is 18.4 Å². The Morgan fingerprint density at radius 1 is 1.30 bits per heavy atom. The Morgan fingerprint density at radius 3 is 2.48 bits per heavy atom. The van der Waals surface area contributed by atoms with E-state index < -0.39 is 0 Å². The zero-order chi connectivity index (χ0) is 15.6. The normalized spacial score (nSPS) is 25.0. The van der Waals surface area contributed by atoms with Crippen molar-refractivity contribution in [3.63, 3.8) is 0 Å². The van der Waals surface area contributed by atoms with Crippen LogP contribution in [0, 0.1) is 11.8 Å². The van der Waals surface area contributed by atoms with Gasteiger partial charge >= 0.3 is 0 Å². The molecule has 1 aromatic rings. The van der Waals surface area contributed by atoms with Crippen LogP contribution in [0.25, 0.3) is 0 Å². The number of thiophene rings is 1. The molecule has 2 atom stereocenters. The number of hydrogen-bond acceptors (Lipinski definition) is 2. The van der Waals surface area contributed by atoms with Crippen LogP contribution >= 0.6 is 35.3 Å². The molecule has 130 valence electrons. The Morgan fingerprint density at radius 2 is 1.96 bits per heavy atom. The van der Waals surface area contributed by atoms with Crippen LogP contribution < -0.4 is 5.32 Å². The molecule has 0 amide bonds. The lowest BCUT2D eigenvalue weighted by Crippen LogP contribution is -2.45. The fourth-order valence-electron chi connectivity index (χ4n) is 3.96. The molecule has 0 bridgehead atoms. The summed E-state index contributed by atoms with van der Waals surface area (Å²) in [6.45, 7) is 7.95. The first-order chi connectivity index (χ1) is 10.6. The summed E-state index contributed by atoms with van der Waals surface area (Å²) in [5.74, 6) is 2.90. The highest BCUT2D eigenvalue weighted by Crippen LogP contribution is 2.36. The highest BCUT2D eigenvalue weighted by molar-refractivity contribution is 14.0. The molecule has 0 aromatic carbocycles. The molecule has 2 aliphatic rings. The Kier molecular flexibility index (Phi) is 6.77. The number of halogens is 1. The first kappa shape index (κ1) is 19.0. The van der Waals surface area contributed by atoms with Gasteiger partial charge in [-0.3, -0.25) is 4.99 Å². The van der Waals surface area contributed by atoms with Crippen molar-refractivity contribution in [1.29, 1.82) is 0 Å². The van der Waals surface area contributed by atoms with E-state index in [-0.39, 0.29) is 29.4 Å². The monoisotopic (exact) mass is 447 g/mol. The first-order valence-electron chi connectivity index (χ1n) is 8.60. The largest absolute Gasteiger partial charge is 0.355 e. The zero-order valence-corrected chi connectivity index (χ0v) is 17.7. The molecule has 0 radical (unpaired) electrons. The summed E-state index contributed by atoms with van der Waals surface area (Å²) in [7, 11) is 1.92. The quantitative estimate of drug-likeness (QED) is 0.424. The van der Waals surface area contributed by atoms with Gasteiger partial charge in [0.25, 0.3) is 0 Å². The number of aliphatic imine (C=N–C) groups is 1. The van der Waals surface area contributed by atoms with Gasteiger partial charge in [0.2, 0.25) is 0 Å². The summed E-state index contributed by atoms with van der Waals surface area (Å²) in [5.41, 5.74) is 0.149. The van der Waals surface area contributed by atoms with E-state index in [0.29, 0.717) is 0 Å². The lowest BCUT2D eigenvalue weighted by Gasteiger charge is -2.28. The molecule has 23 heavy (non-hydrogen) atoms. The molecular weight excluding hydrogens is 417 g/mol. The summed E-state index contributed by atoms with van der Waals surface area (Å²) in [5, 5.41) is 5.80. The third-order valence-corrected chi connectivity index (χ3v) is 6.60. The number of rotatable bonds is 3. The van der Waals surface area contributed by atoms with Crippen LogP contribution in [0.1, 0.15) is 44.4 Å². The third kappa shape index (κ3) is 4.41. The minimum Gasteiger partial charge on any atom is -0.355 e. The SMILES string of the molecule is CN=C(NCC(C)(C)c1cccs1)N1CC2CCCCC2C1.I. The third-order valence-electron chi connectivity index (χ3n) is 5.36. The van der Waals surface area contributed by atoms with Crippen LogP contribution in [0.2, 0.25) is 0 Å². The predicted octanol–water partition coefficient (Wildman–Crippen LogP) is 4.34. The Labute approximate surface area is 162 Å². The van der Waals surface area contributed by atoms with Gasteiger partial charge in [-0.25, -0.2) is 0 Å². The maximum Gasteiger partial charge on any atom is 0.193 e. The number of hydrogen-bond donors (Lipinski definition) is 1. The maximum absolute atomic E-state index is 4.55. The molecule has 3 rings (SSSR count). The molecule has 5 heteroatoms. The van der Waals surface area contributed by atoms with Gasteiger partial charge in [0, 0.05) is 37.0 Å². The molecule has 1 N–H and O–H groups in total. The molecule has 1 aliphatic carbocycles. The summed E-state index contributed by atoms with van der Waals surface area (Å²) in [6.07, 6.45) is 5.68. The van der Waals surface area contributed by atoms with E-state index in [4.69, 9.17) is 0 Å². The summed E-state index contributed by atoms with van der Waals surface area (Å²) < 4.78 is 0. The molecule has 2 fully saturated rings. The molecule has 1 aliphatic heterocycles. The Hall–Kier alpha value is -0.300. The Bertz CT molecular complexity index is 498. The standard InChI is InChI=1S/C18H29N3S.HI/c1-18(2,16-9-6-10-22-16)13-20-17(19-3)21-11-14-7-4-5-8-15(14)12-21;/h6,9-10,14-15H,4-5,7-8,11-13H2,1-3H3,(H,19,20);1H. The average Bonchev–Trinajstić information content (AvgIpc) is 3.17. The van der Waals surface area contributed by atoms with E-state index in [1.54, 1.807) is 0 Å². The average molecular weight is 447 g/mol. The van der Waals surface area contributed by atoms with Gasteiger partial charge in [-0.2, -0.15) is 0 Å². The molecule has 2 unspecified atom stereocenters. The minimum atomic E-state index is 0. The predicted molar refractivity (Wildman–Crippen MR) is 111 cm³/mol. The second kappa shape index (κ2) is 8.19. The lowest BCUT2D eigenvalue weighted by molar-refractivity contribution is 0.299. The van der Waals surface area contributed by atoms with Crippen molar-refractivity contribution in [3.05, 3.63) is 22.4 Å². The van der Waals surface area contributed by atoms with Gasteiger partial charge in [0.1, 0.15) is 0 Å². The lowest BCUT2D eigenvalue weighted by atomic mass is 9.82. The van der Waals surface area contributed by atoms with Gasteiger partial charge < -0.3 is 10.2 Å². The van der Waals surface area contributed by atoms with Crippen molar-refractivity contribution in [1.82, 2.24) is 10.2 Å². The van der Waals surface area contributed by atoms with Gasteiger partial charge in [0.15, 0.2) is 5.96 Å². The van der Waals surface area contributed by atoms with Crippen molar-refractivity contribution in [2.75, 3.05) is 26.7 Å². The smallest absolute Gasteiger partial charge is 0.193 e. The molecule has 0 spiro atoms. The first-order valence-corrected chi connectivity index (χ1v) is 9.48. The van der Waals surface area contributed by atoms with Gasteiger partial charge in [-0.1, -0.05) is 32.8 Å². The maximum atomic E-state index is 4.55. The number of nitrogens with zero attached hydrogens (tertiary/aromatic N) is 2. The van der Waals surface area contributed by atoms with Crippen molar-refractivity contribution >= 4 is 41.3 Å². The van der Waals surface area contributed by atoms with E-state index in [9.17, 15) is 0 Å². The number of likely N-dealkylation sites (tertiary alicyclic amines) is 1. The molecule has 1 saturated heterocycles. The molecular formula is C18H30IN3S. The van der Waals surface area contributed by atoms with Gasteiger partial charge in [-0.05, 0) is 36.1 Å². The minimum absolute atomic E-state index is 0. The summed E-state index contributed by atoms with van der Waals surface area (Å²) >= 11 is 1.84. The molecule has 3 nitrogen and oxygen atoms in total. The fourth-order valence-corrected chi connectivity index (χ4v) is 4.81. The van der Waals surface area contributed by atoms with Gasteiger partial charge in [-0.15, -0.1) is 35.3 Å². The zero-order valence-electron chi connectivity index (χ0n) is 14.5. The summed E-state index contributed by atoms with van der Waals surface area (Å²) in [6, 6.07) is 4.38. The van der Waals surface area contributed by atoms with Crippen LogP contribution in [0.4, 0.5) is 0 Å². The van der Waals surface area contributed by atoms with Crippen LogP contribution in [0.3, 0.4) is 0 Å². The van der Waals surface area contributed by atoms with Crippen molar-refractivity contribution in [3.8, 4) is 0 Å². The second-order valence-corrected chi connectivity index (χ2v) is 8.42. The van der Waals surface area contributed by atoms with Crippen LogP contribution in [0.5, 0.6) is 0 Å². The molecule has 1 saturated carbocycles. The van der Waals surface area contributed by atoms with Crippen molar-refractivity contribution < 1.29 is 0 Å². The van der Waals surface area contributed by atoms with E-state index in [0.717, 1.165) is 24.3 Å². The number of fused-ring (bicyclic) bond motifs is 1. The van der Waals surface area contributed by atoms with Crippen LogP contribution in [-0.2, 0) is 5.41 Å². The second-order valence-electron chi connectivity index (χ2n) is 7.47. The van der Waals surface area contributed by atoms with Crippen molar-refractivity contribution in [2.24, 2.45) is 16.8 Å². The number of guanidine groups is 1. The number of nitrogens with one attached hydrogen (secondary N) is 1. The summed E-state index contributed by atoms with van der Waals surface area (Å²) in [4.78, 5) is 8.47.